The number of carbonyl (C=O) groups is 2. The molecule has 1 fully saturated rings. The van der Waals surface area contributed by atoms with Gasteiger partial charge in [0.1, 0.15) is 17.4 Å². The molecule has 4 atom stereocenters. The van der Waals surface area contributed by atoms with Gasteiger partial charge >= 0.3 is 5.97 Å². The van der Waals surface area contributed by atoms with E-state index in [1.165, 1.54) is 19.5 Å². The van der Waals surface area contributed by atoms with E-state index < -0.39 is 34.8 Å². The quantitative estimate of drug-likeness (QED) is 0.612. The van der Waals surface area contributed by atoms with Crippen molar-refractivity contribution in [2.24, 2.45) is 5.92 Å². The second-order valence-corrected chi connectivity index (χ2v) is 8.20. The molecule has 32 heavy (non-hydrogen) atoms. The summed E-state index contributed by atoms with van der Waals surface area (Å²) in [6, 6.07) is 16.0. The van der Waals surface area contributed by atoms with Gasteiger partial charge in [-0.1, -0.05) is 60.2 Å². The molecule has 0 spiro atoms. The molecule has 7 heteroatoms. The Morgan fingerprint density at radius 1 is 1.09 bits per heavy atom. The van der Waals surface area contributed by atoms with Crippen LogP contribution in [0.25, 0.3) is 0 Å². The zero-order valence-corrected chi connectivity index (χ0v) is 17.5. The van der Waals surface area contributed by atoms with Crippen molar-refractivity contribution in [1.29, 1.82) is 0 Å². The number of aromatic nitrogens is 1. The summed E-state index contributed by atoms with van der Waals surface area (Å²) in [5.41, 5.74) is -1.88. The third kappa shape index (κ3) is 2.37. The molecule has 3 aromatic rings. The number of fused-ring (bicyclic) bond motifs is 3. The smallest absolute Gasteiger partial charge is 0.314 e. The molecule has 2 N–H and O–H groups in total. The maximum absolute atomic E-state index is 13.8. The molecule has 2 heterocycles. The molecular weight excluding hydrogens is 410 g/mol. The number of pyridine rings is 1. The van der Waals surface area contributed by atoms with Gasteiger partial charge in [0, 0.05) is 0 Å². The van der Waals surface area contributed by atoms with Crippen LogP contribution < -0.4 is 9.47 Å². The van der Waals surface area contributed by atoms with E-state index in [0.29, 0.717) is 11.1 Å². The number of carboxylic acids is 1. The van der Waals surface area contributed by atoms with E-state index in [2.05, 4.69) is 4.98 Å². The second-order valence-electron chi connectivity index (χ2n) is 8.20. The van der Waals surface area contributed by atoms with Crippen LogP contribution in [0.5, 0.6) is 11.5 Å². The molecule has 2 aliphatic rings. The zero-order valence-electron chi connectivity index (χ0n) is 17.5. The van der Waals surface area contributed by atoms with E-state index in [1.54, 1.807) is 42.5 Å². The Bertz CT molecular complexity index is 1220. The molecule has 0 amide bonds. The van der Waals surface area contributed by atoms with Crippen LogP contribution in [0.4, 0.5) is 0 Å². The Hall–Kier alpha value is -3.71. The van der Waals surface area contributed by atoms with Gasteiger partial charge in [-0.25, -0.2) is 0 Å². The summed E-state index contributed by atoms with van der Waals surface area (Å²) in [6.07, 6.45) is 2.79. The molecule has 1 aromatic heterocycles. The number of carboxylic acid groups (broad SMARTS) is 1. The average molecular weight is 431 g/mol. The van der Waals surface area contributed by atoms with Gasteiger partial charge in [-0.2, -0.15) is 0 Å². The number of carbonyl (C=O) groups excluding carboxylic acids is 1. The molecule has 7 nitrogen and oxygen atoms in total. The van der Waals surface area contributed by atoms with E-state index in [0.717, 1.165) is 5.56 Å². The number of nitrogens with zero attached hydrogens (tertiary/aromatic N) is 1. The molecule has 0 saturated heterocycles. The fourth-order valence-corrected chi connectivity index (χ4v) is 5.24. The summed E-state index contributed by atoms with van der Waals surface area (Å²) in [5, 5.41) is 22.4. The summed E-state index contributed by atoms with van der Waals surface area (Å²) in [5.74, 6) is -4.36. The standard InChI is InChI=1S/C25H21NO6/c1-14-8-10-16(11-9-14)25-20(15-6-4-3-5-7-15)19(23(28)29)22(27)24(25,30)21-17(31-2)12-26-13-18(21)32-25/h3-13,19-20,30H,1-2H3,(H,28,29)/t19-,20-,24+,25+/m1/s1. The van der Waals surface area contributed by atoms with E-state index in [-0.39, 0.29) is 17.1 Å². The van der Waals surface area contributed by atoms with Crippen molar-refractivity contribution in [3.8, 4) is 11.5 Å². The molecule has 0 radical (unpaired) electrons. The van der Waals surface area contributed by atoms with E-state index in [9.17, 15) is 19.8 Å². The number of hydrogen-bond donors (Lipinski definition) is 2. The van der Waals surface area contributed by atoms with Gasteiger partial charge in [0.25, 0.3) is 0 Å². The van der Waals surface area contributed by atoms with E-state index in [4.69, 9.17) is 9.47 Å². The van der Waals surface area contributed by atoms with Crippen LogP contribution in [0.2, 0.25) is 0 Å². The molecule has 1 aliphatic carbocycles. The maximum atomic E-state index is 13.8. The normalized spacial score (nSPS) is 28.0. The van der Waals surface area contributed by atoms with Crippen LogP contribution in [0.3, 0.4) is 0 Å². The summed E-state index contributed by atoms with van der Waals surface area (Å²) >= 11 is 0. The highest BCUT2D eigenvalue weighted by Gasteiger charge is 2.78. The Kier molecular flexibility index (Phi) is 4.36. The topological polar surface area (TPSA) is 106 Å². The first-order chi connectivity index (χ1) is 15.4. The van der Waals surface area contributed by atoms with Gasteiger partial charge in [0.05, 0.1) is 31.0 Å². The fraction of sp³-hybridized carbons (Fsp3) is 0.240. The fourth-order valence-electron chi connectivity index (χ4n) is 5.24. The number of ketones is 1. The van der Waals surface area contributed by atoms with Crippen molar-refractivity contribution in [2.45, 2.75) is 24.0 Å². The molecule has 1 aliphatic heterocycles. The van der Waals surface area contributed by atoms with E-state index >= 15 is 0 Å². The molecule has 2 aromatic carbocycles. The van der Waals surface area contributed by atoms with Crippen molar-refractivity contribution < 1.29 is 29.3 Å². The third-order valence-corrected chi connectivity index (χ3v) is 6.58. The Labute approximate surface area is 184 Å². The van der Waals surface area contributed by atoms with Crippen LogP contribution in [0.1, 0.15) is 28.2 Å². The molecule has 1 saturated carbocycles. The molecule has 5 rings (SSSR count). The predicted molar refractivity (Wildman–Crippen MR) is 113 cm³/mol. The van der Waals surface area contributed by atoms with Gasteiger partial charge < -0.3 is 19.7 Å². The number of benzene rings is 2. The van der Waals surface area contributed by atoms with Gasteiger partial charge in [0.2, 0.25) is 5.60 Å². The minimum absolute atomic E-state index is 0.102. The minimum atomic E-state index is -2.30. The number of aryl methyl sites for hydroxylation is 1. The zero-order chi connectivity index (χ0) is 22.7. The lowest BCUT2D eigenvalue weighted by Gasteiger charge is -2.39. The van der Waals surface area contributed by atoms with Crippen molar-refractivity contribution in [1.82, 2.24) is 4.98 Å². The number of Topliss-reactive ketones (excluding diaryl/α,β-unsaturated/α-hetero) is 1. The summed E-state index contributed by atoms with van der Waals surface area (Å²) in [7, 11) is 1.40. The van der Waals surface area contributed by atoms with Crippen LogP contribution >= 0.6 is 0 Å². The minimum Gasteiger partial charge on any atom is -0.495 e. The van der Waals surface area contributed by atoms with Crippen LogP contribution in [0.15, 0.2) is 67.0 Å². The lowest BCUT2D eigenvalue weighted by atomic mass is 9.70. The van der Waals surface area contributed by atoms with Crippen LogP contribution in [-0.4, -0.2) is 34.1 Å². The van der Waals surface area contributed by atoms with Crippen LogP contribution in [-0.2, 0) is 20.8 Å². The van der Waals surface area contributed by atoms with Gasteiger partial charge in [-0.05, 0) is 18.1 Å². The first-order valence-electron chi connectivity index (χ1n) is 10.2. The Morgan fingerprint density at radius 2 is 1.78 bits per heavy atom. The van der Waals surface area contributed by atoms with Crippen LogP contribution in [0, 0.1) is 12.8 Å². The number of hydrogen-bond acceptors (Lipinski definition) is 6. The summed E-state index contributed by atoms with van der Waals surface area (Å²) in [4.78, 5) is 30.4. The summed E-state index contributed by atoms with van der Waals surface area (Å²) < 4.78 is 11.8. The SMILES string of the molecule is COc1cncc2c1[C@]1(O)C(=O)[C@H](C(=O)O)[C@@H](c3ccccc3)[C@]1(c1ccc(C)cc1)O2. The highest BCUT2D eigenvalue weighted by atomic mass is 16.5. The number of aliphatic hydroxyl groups is 1. The highest BCUT2D eigenvalue weighted by molar-refractivity contribution is 6.09. The Balaban J connectivity index is 1.90. The van der Waals surface area contributed by atoms with Gasteiger partial charge in [0.15, 0.2) is 11.4 Å². The van der Waals surface area contributed by atoms with Crippen molar-refractivity contribution in [2.75, 3.05) is 7.11 Å². The number of aliphatic carboxylic acids is 1. The number of methoxy groups -OCH3 is 1. The monoisotopic (exact) mass is 431 g/mol. The van der Waals surface area contributed by atoms with Crippen molar-refractivity contribution >= 4 is 11.8 Å². The predicted octanol–water partition coefficient (Wildman–Crippen LogP) is 2.94. The lowest BCUT2D eigenvalue weighted by molar-refractivity contribution is -0.154. The number of ether oxygens (including phenoxy) is 2. The highest BCUT2D eigenvalue weighted by Crippen LogP contribution is 2.68. The van der Waals surface area contributed by atoms with E-state index in [1.807, 2.05) is 19.1 Å². The molecule has 0 unspecified atom stereocenters. The lowest BCUT2D eigenvalue weighted by Crippen LogP contribution is -2.50. The number of rotatable bonds is 4. The molecule has 0 bridgehead atoms. The largest absolute Gasteiger partial charge is 0.495 e. The molecular formula is C25H21NO6. The van der Waals surface area contributed by atoms with Crippen molar-refractivity contribution in [3.63, 3.8) is 0 Å². The average Bonchev–Trinajstić information content (AvgIpc) is 3.18. The third-order valence-electron chi connectivity index (χ3n) is 6.58. The first-order valence-corrected chi connectivity index (χ1v) is 10.2. The second kappa shape index (κ2) is 6.90. The maximum Gasteiger partial charge on any atom is 0.314 e. The summed E-state index contributed by atoms with van der Waals surface area (Å²) in [6.45, 7) is 1.92. The Morgan fingerprint density at radius 3 is 2.41 bits per heavy atom. The van der Waals surface area contributed by atoms with Gasteiger partial charge in [-0.15, -0.1) is 0 Å². The first kappa shape index (κ1) is 20.2. The van der Waals surface area contributed by atoms with Gasteiger partial charge in [-0.3, -0.25) is 14.6 Å². The molecule has 162 valence electrons. The van der Waals surface area contributed by atoms with Crippen molar-refractivity contribution in [3.05, 3.63) is 89.2 Å².